The van der Waals surface area contributed by atoms with Crippen molar-refractivity contribution in [1.82, 2.24) is 5.32 Å². The fourth-order valence-corrected chi connectivity index (χ4v) is 2.05. The zero-order valence-corrected chi connectivity index (χ0v) is 13.5. The molecule has 1 amide bonds. The number of carbonyl (C=O) groups excluding carboxylic acids is 1. The minimum atomic E-state index is -1.23. The second-order valence-electron chi connectivity index (χ2n) is 5.14. The predicted molar refractivity (Wildman–Crippen MR) is 81.4 cm³/mol. The second kappa shape index (κ2) is 7.00. The number of ether oxygens (including phenoxy) is 1. The molecule has 0 unspecified atom stereocenters. The van der Waals surface area contributed by atoms with Gasteiger partial charge in [-0.15, -0.1) is 0 Å². The Hall–Kier alpha value is -1.46. The summed E-state index contributed by atoms with van der Waals surface area (Å²) in [6, 6.07) is 2.58. The molecule has 0 spiro atoms. The topological polar surface area (TPSA) is 75.6 Å². The van der Waals surface area contributed by atoms with E-state index >= 15 is 0 Å². The molecule has 5 nitrogen and oxygen atoms in total. The van der Waals surface area contributed by atoms with Gasteiger partial charge in [0.2, 0.25) is 0 Å². The van der Waals surface area contributed by atoms with Gasteiger partial charge in [0, 0.05) is 10.6 Å². The molecule has 0 saturated heterocycles. The molecule has 0 aliphatic rings. The quantitative estimate of drug-likeness (QED) is 0.836. The lowest BCUT2D eigenvalue weighted by Gasteiger charge is -2.24. The minimum absolute atomic E-state index is 0.0439. The van der Waals surface area contributed by atoms with Gasteiger partial charge in [0.25, 0.3) is 5.91 Å². The van der Waals surface area contributed by atoms with Crippen molar-refractivity contribution in [3.05, 3.63) is 27.7 Å². The number of hydrogen-bond acceptors (Lipinski definition) is 3. The van der Waals surface area contributed by atoms with Crippen LogP contribution in [0.2, 0.25) is 10.0 Å². The predicted octanol–water partition coefficient (Wildman–Crippen LogP) is 3.38. The van der Waals surface area contributed by atoms with Crippen LogP contribution in [0.4, 0.5) is 0 Å². The van der Waals surface area contributed by atoms with Crippen molar-refractivity contribution >= 4 is 35.1 Å². The number of halogens is 2. The van der Waals surface area contributed by atoms with Gasteiger partial charge in [-0.05, 0) is 32.4 Å². The third-order valence-corrected chi connectivity index (χ3v) is 3.45. The average molecular weight is 334 g/mol. The molecule has 1 rings (SSSR count). The van der Waals surface area contributed by atoms with E-state index in [1.807, 2.05) is 20.8 Å². The number of benzene rings is 1. The van der Waals surface area contributed by atoms with Crippen molar-refractivity contribution in [1.29, 1.82) is 0 Å². The monoisotopic (exact) mass is 333 g/mol. The lowest BCUT2D eigenvalue weighted by Crippen LogP contribution is -2.45. The van der Waals surface area contributed by atoms with Crippen LogP contribution >= 0.6 is 23.2 Å². The molecule has 0 bridgehead atoms. The third-order valence-electron chi connectivity index (χ3n) is 2.95. The van der Waals surface area contributed by atoms with Crippen molar-refractivity contribution in [2.45, 2.75) is 32.7 Å². The van der Waals surface area contributed by atoms with Crippen LogP contribution < -0.4 is 10.1 Å². The Morgan fingerprint density at radius 2 is 1.95 bits per heavy atom. The van der Waals surface area contributed by atoms with E-state index in [1.165, 1.54) is 12.1 Å². The summed E-state index contributed by atoms with van der Waals surface area (Å²) in [6.45, 7) is 5.37. The standard InChI is InChI=1S/C14H17Cl2NO4/c1-4-14(2,3)17-11(18)7-21-12-9(13(19)20)5-8(15)6-10(12)16/h5-6H,4,7H2,1-3H3,(H,17,18)(H,19,20). The maximum atomic E-state index is 11.8. The molecule has 0 saturated carbocycles. The Morgan fingerprint density at radius 3 is 2.48 bits per heavy atom. The van der Waals surface area contributed by atoms with Gasteiger partial charge in [-0.25, -0.2) is 4.79 Å². The first-order valence-corrected chi connectivity index (χ1v) is 7.08. The van der Waals surface area contributed by atoms with Crippen molar-refractivity contribution < 1.29 is 19.4 Å². The highest BCUT2D eigenvalue weighted by molar-refractivity contribution is 6.36. The number of hydrogen-bond donors (Lipinski definition) is 2. The van der Waals surface area contributed by atoms with Crippen LogP contribution in [0.5, 0.6) is 5.75 Å². The van der Waals surface area contributed by atoms with Gasteiger partial charge >= 0.3 is 5.97 Å². The highest BCUT2D eigenvalue weighted by atomic mass is 35.5. The van der Waals surface area contributed by atoms with Crippen LogP contribution in [0, 0.1) is 0 Å². The normalized spacial score (nSPS) is 11.1. The van der Waals surface area contributed by atoms with Gasteiger partial charge in [0.1, 0.15) is 5.56 Å². The number of amides is 1. The van der Waals surface area contributed by atoms with Gasteiger partial charge in [0.15, 0.2) is 12.4 Å². The molecule has 7 heteroatoms. The van der Waals surface area contributed by atoms with Crippen LogP contribution in [0.25, 0.3) is 0 Å². The van der Waals surface area contributed by atoms with Crippen molar-refractivity contribution in [3.63, 3.8) is 0 Å². The molecule has 0 fully saturated rings. The fourth-order valence-electron chi connectivity index (χ4n) is 1.51. The van der Waals surface area contributed by atoms with Crippen molar-refractivity contribution in [2.75, 3.05) is 6.61 Å². The first kappa shape index (κ1) is 17.6. The molecular weight excluding hydrogens is 317 g/mol. The summed E-state index contributed by atoms with van der Waals surface area (Å²) in [6.07, 6.45) is 0.751. The molecule has 1 aromatic rings. The summed E-state index contributed by atoms with van der Waals surface area (Å²) in [5.41, 5.74) is -0.546. The van der Waals surface area contributed by atoms with Crippen LogP contribution in [0.3, 0.4) is 0 Å². The minimum Gasteiger partial charge on any atom is -0.481 e. The van der Waals surface area contributed by atoms with Gasteiger partial charge in [-0.1, -0.05) is 30.1 Å². The number of carboxylic acids is 1. The largest absolute Gasteiger partial charge is 0.481 e. The van der Waals surface area contributed by atoms with Crippen LogP contribution in [0.1, 0.15) is 37.6 Å². The van der Waals surface area contributed by atoms with E-state index in [-0.39, 0.29) is 39.4 Å². The molecule has 116 valence electrons. The van der Waals surface area contributed by atoms with Gasteiger partial charge in [-0.3, -0.25) is 4.79 Å². The van der Waals surface area contributed by atoms with Crippen molar-refractivity contribution in [2.24, 2.45) is 0 Å². The molecule has 0 aromatic heterocycles. The first-order valence-electron chi connectivity index (χ1n) is 6.32. The Kier molecular flexibility index (Phi) is 5.87. The summed E-state index contributed by atoms with van der Waals surface area (Å²) in [7, 11) is 0. The zero-order chi connectivity index (χ0) is 16.2. The third kappa shape index (κ3) is 5.10. The number of carboxylic acid groups (broad SMARTS) is 1. The summed E-state index contributed by atoms with van der Waals surface area (Å²) in [5, 5.41) is 12.1. The number of carbonyl (C=O) groups is 2. The molecule has 21 heavy (non-hydrogen) atoms. The number of rotatable bonds is 6. The fraction of sp³-hybridized carbons (Fsp3) is 0.429. The molecular formula is C14H17Cl2NO4. The Labute approximate surface area is 133 Å². The maximum absolute atomic E-state index is 11.8. The highest BCUT2D eigenvalue weighted by Gasteiger charge is 2.20. The van der Waals surface area contributed by atoms with E-state index in [2.05, 4.69) is 5.32 Å². The second-order valence-corrected chi connectivity index (χ2v) is 5.99. The molecule has 0 aliphatic heterocycles. The summed E-state index contributed by atoms with van der Waals surface area (Å²) < 4.78 is 5.25. The first-order chi connectivity index (χ1) is 9.66. The van der Waals surface area contributed by atoms with Gasteiger partial charge in [0.05, 0.1) is 5.02 Å². The molecule has 0 heterocycles. The smallest absolute Gasteiger partial charge is 0.339 e. The Morgan fingerprint density at radius 1 is 1.33 bits per heavy atom. The molecule has 0 aliphatic carbocycles. The maximum Gasteiger partial charge on any atom is 0.339 e. The summed E-state index contributed by atoms with van der Waals surface area (Å²) in [5.74, 6) is -1.66. The number of nitrogens with one attached hydrogen (secondary N) is 1. The zero-order valence-electron chi connectivity index (χ0n) is 12.0. The average Bonchev–Trinajstić information content (AvgIpc) is 2.36. The van der Waals surface area contributed by atoms with Crippen LogP contribution in [-0.4, -0.2) is 29.1 Å². The molecule has 1 aromatic carbocycles. The highest BCUT2D eigenvalue weighted by Crippen LogP contribution is 2.32. The van der Waals surface area contributed by atoms with Crippen molar-refractivity contribution in [3.8, 4) is 5.75 Å². The molecule has 0 atom stereocenters. The SMILES string of the molecule is CCC(C)(C)NC(=O)COc1c(Cl)cc(Cl)cc1C(=O)O. The summed E-state index contributed by atoms with van der Waals surface area (Å²) in [4.78, 5) is 22.9. The molecule has 2 N–H and O–H groups in total. The van der Waals surface area contributed by atoms with Gasteiger partial charge < -0.3 is 15.2 Å². The Balaban J connectivity index is 2.85. The van der Waals surface area contributed by atoms with Gasteiger partial charge in [-0.2, -0.15) is 0 Å². The Bertz CT molecular complexity index is 558. The lowest BCUT2D eigenvalue weighted by atomic mass is 10.0. The van der Waals surface area contributed by atoms with E-state index in [0.29, 0.717) is 0 Å². The summed E-state index contributed by atoms with van der Waals surface area (Å²) >= 11 is 11.7. The van der Waals surface area contributed by atoms with E-state index < -0.39 is 5.97 Å². The lowest BCUT2D eigenvalue weighted by molar-refractivity contribution is -0.124. The van der Waals surface area contributed by atoms with Crippen LogP contribution in [0.15, 0.2) is 12.1 Å². The van der Waals surface area contributed by atoms with E-state index in [9.17, 15) is 9.59 Å². The van der Waals surface area contributed by atoms with E-state index in [1.54, 1.807) is 0 Å². The van der Waals surface area contributed by atoms with E-state index in [4.69, 9.17) is 33.0 Å². The van der Waals surface area contributed by atoms with Crippen LogP contribution in [-0.2, 0) is 4.79 Å². The van der Waals surface area contributed by atoms with E-state index in [0.717, 1.165) is 6.42 Å². The number of aromatic carboxylic acids is 1. The molecule has 0 radical (unpaired) electrons.